The zero-order valence-corrected chi connectivity index (χ0v) is 18.5. The summed E-state index contributed by atoms with van der Waals surface area (Å²) in [5, 5.41) is 17.4. The Morgan fingerprint density at radius 1 is 0.964 bits per heavy atom. The number of hydrogen-bond donors (Lipinski definition) is 4. The summed E-state index contributed by atoms with van der Waals surface area (Å²) in [6.07, 6.45) is 0.653. The Labute approximate surface area is 174 Å². The van der Waals surface area contributed by atoms with Gasteiger partial charge in [-0.2, -0.15) is 0 Å². The van der Waals surface area contributed by atoms with Crippen LogP contribution in [0, 0.1) is 11.8 Å². The monoisotopic (exact) mass is 455 g/mol. The molecular weight excluding hydrogens is 426 g/mol. The van der Waals surface area contributed by atoms with Crippen LogP contribution in [0.2, 0.25) is 0 Å². The van der Waals surface area contributed by atoms with Crippen molar-refractivity contribution in [3.05, 3.63) is 34.3 Å². The Morgan fingerprint density at radius 2 is 1.54 bits per heavy atom. The zero-order valence-electron chi connectivity index (χ0n) is 17.0. The Hall–Kier alpha value is -2.09. The molecule has 0 aromatic heterocycles. The van der Waals surface area contributed by atoms with Crippen LogP contribution in [0.25, 0.3) is 0 Å². The average molecular weight is 456 g/mol. The lowest BCUT2D eigenvalue weighted by atomic mass is 9.97. The molecule has 1 rings (SSSR count). The van der Waals surface area contributed by atoms with Crippen molar-refractivity contribution in [3.8, 4) is 0 Å². The molecule has 0 heterocycles. The minimum Gasteiger partial charge on any atom is -0.480 e. The summed E-state index contributed by atoms with van der Waals surface area (Å²) < 4.78 is 0.944. The van der Waals surface area contributed by atoms with E-state index < -0.39 is 30.0 Å². The van der Waals surface area contributed by atoms with Gasteiger partial charge < -0.3 is 21.1 Å². The Kier molecular flexibility index (Phi) is 9.45. The van der Waals surface area contributed by atoms with Crippen LogP contribution >= 0.6 is 15.9 Å². The lowest BCUT2D eigenvalue weighted by Crippen LogP contribution is -2.56. The fourth-order valence-corrected chi connectivity index (χ4v) is 2.94. The molecule has 1 aromatic carbocycles. The highest BCUT2D eigenvalue weighted by Gasteiger charge is 2.31. The molecule has 1 aromatic rings. The first-order valence-electron chi connectivity index (χ1n) is 9.42. The maximum Gasteiger partial charge on any atom is 0.326 e. The lowest BCUT2D eigenvalue weighted by Gasteiger charge is -2.27. The summed E-state index contributed by atoms with van der Waals surface area (Å²) in [6.45, 7) is 9.04. The smallest absolute Gasteiger partial charge is 0.326 e. The molecule has 4 atom stereocenters. The number of carboxylic acids is 1. The van der Waals surface area contributed by atoms with Gasteiger partial charge in [0.25, 0.3) is 0 Å². The fraction of sp³-hybridized carbons (Fsp3) is 0.550. The zero-order chi connectivity index (χ0) is 21.4. The van der Waals surface area contributed by atoms with E-state index in [9.17, 15) is 19.5 Å². The van der Waals surface area contributed by atoms with Crippen molar-refractivity contribution in [2.75, 3.05) is 0 Å². The molecule has 0 saturated carbocycles. The summed E-state index contributed by atoms with van der Waals surface area (Å²) in [7, 11) is 0. The molecule has 0 spiro atoms. The predicted molar refractivity (Wildman–Crippen MR) is 112 cm³/mol. The number of benzene rings is 1. The molecule has 0 bridgehead atoms. The van der Waals surface area contributed by atoms with Crippen LogP contribution in [-0.2, 0) is 9.59 Å². The number of aliphatic carboxylic acids is 1. The van der Waals surface area contributed by atoms with E-state index in [-0.39, 0.29) is 17.9 Å². The minimum absolute atomic E-state index is 0.157. The van der Waals surface area contributed by atoms with Crippen LogP contribution in [0.5, 0.6) is 0 Å². The van der Waals surface area contributed by atoms with Gasteiger partial charge in [-0.05, 0) is 36.5 Å². The molecule has 28 heavy (non-hydrogen) atoms. The molecule has 8 heteroatoms. The summed E-state index contributed by atoms with van der Waals surface area (Å²) in [6, 6.07) is 5.00. The maximum atomic E-state index is 12.7. The molecular formula is C20H30BrN3O4. The third-order valence-corrected chi connectivity index (χ3v) is 5.26. The van der Waals surface area contributed by atoms with E-state index in [1.165, 1.54) is 0 Å². The Morgan fingerprint density at radius 3 is 2.00 bits per heavy atom. The summed E-state index contributed by atoms with van der Waals surface area (Å²) in [5.41, 5.74) is 0.925. The van der Waals surface area contributed by atoms with Gasteiger partial charge in [0.15, 0.2) is 0 Å². The third kappa shape index (κ3) is 7.14. The maximum absolute atomic E-state index is 12.7. The highest BCUT2D eigenvalue weighted by atomic mass is 79.9. The Balaban J connectivity index is 2.81. The largest absolute Gasteiger partial charge is 0.480 e. The Bertz CT molecular complexity index is 679. The number of carbonyl (C=O) groups is 3. The van der Waals surface area contributed by atoms with Gasteiger partial charge in [-0.25, -0.2) is 9.59 Å². The molecule has 0 aliphatic heterocycles. The second-order valence-electron chi connectivity index (χ2n) is 7.32. The van der Waals surface area contributed by atoms with Gasteiger partial charge in [0, 0.05) is 4.47 Å². The standard InChI is InChI=1S/C20H30BrN3O4/c1-6-12(4)17(18(25)23-16(11(2)3)19(26)27)24-20(28)22-13(5)14-7-9-15(21)10-8-14/h7-13,16-17H,6H2,1-5H3,(H,23,25)(H,26,27)(H2,22,24,28)/t12-,13?,16-,17-/m0/s1. The van der Waals surface area contributed by atoms with Gasteiger partial charge in [-0.15, -0.1) is 0 Å². The molecule has 7 nitrogen and oxygen atoms in total. The highest BCUT2D eigenvalue weighted by molar-refractivity contribution is 9.10. The van der Waals surface area contributed by atoms with E-state index in [1.807, 2.05) is 45.0 Å². The van der Waals surface area contributed by atoms with Crippen LogP contribution in [0.15, 0.2) is 28.7 Å². The van der Waals surface area contributed by atoms with Crippen LogP contribution in [0.3, 0.4) is 0 Å². The quantitative estimate of drug-likeness (QED) is 0.457. The molecule has 4 N–H and O–H groups in total. The first-order chi connectivity index (χ1) is 13.1. The van der Waals surface area contributed by atoms with Crippen molar-refractivity contribution >= 4 is 33.8 Å². The summed E-state index contributed by atoms with van der Waals surface area (Å²) in [5.74, 6) is -2.03. The highest BCUT2D eigenvalue weighted by Crippen LogP contribution is 2.16. The normalized spacial score (nSPS) is 15.2. The molecule has 156 valence electrons. The number of rotatable bonds is 9. The summed E-state index contributed by atoms with van der Waals surface area (Å²) >= 11 is 3.37. The van der Waals surface area contributed by atoms with Gasteiger partial charge in [0.2, 0.25) is 5.91 Å². The number of amides is 3. The van der Waals surface area contributed by atoms with E-state index >= 15 is 0 Å². The second-order valence-corrected chi connectivity index (χ2v) is 8.24. The van der Waals surface area contributed by atoms with Gasteiger partial charge in [0.05, 0.1) is 6.04 Å². The predicted octanol–water partition coefficient (Wildman–Crippen LogP) is 3.45. The van der Waals surface area contributed by atoms with Crippen LogP contribution < -0.4 is 16.0 Å². The van der Waals surface area contributed by atoms with Crippen molar-refractivity contribution < 1.29 is 19.5 Å². The molecule has 0 saturated heterocycles. The molecule has 0 aliphatic rings. The van der Waals surface area contributed by atoms with Crippen LogP contribution in [-0.4, -0.2) is 35.1 Å². The van der Waals surface area contributed by atoms with E-state index in [0.717, 1.165) is 10.0 Å². The minimum atomic E-state index is -1.10. The molecule has 0 radical (unpaired) electrons. The van der Waals surface area contributed by atoms with E-state index in [0.29, 0.717) is 6.42 Å². The average Bonchev–Trinajstić information content (AvgIpc) is 2.63. The third-order valence-electron chi connectivity index (χ3n) is 4.73. The van der Waals surface area contributed by atoms with Gasteiger partial charge >= 0.3 is 12.0 Å². The second kappa shape index (κ2) is 11.0. The number of halogens is 1. The van der Waals surface area contributed by atoms with Gasteiger partial charge in [-0.3, -0.25) is 4.79 Å². The lowest BCUT2D eigenvalue weighted by molar-refractivity contribution is -0.143. The molecule has 0 fully saturated rings. The summed E-state index contributed by atoms with van der Waals surface area (Å²) in [4.78, 5) is 36.5. The van der Waals surface area contributed by atoms with Crippen molar-refractivity contribution in [2.24, 2.45) is 11.8 Å². The van der Waals surface area contributed by atoms with E-state index in [1.54, 1.807) is 13.8 Å². The molecule has 1 unspecified atom stereocenters. The van der Waals surface area contributed by atoms with E-state index in [4.69, 9.17) is 0 Å². The van der Waals surface area contributed by atoms with Crippen molar-refractivity contribution in [1.29, 1.82) is 0 Å². The number of nitrogens with one attached hydrogen (secondary N) is 3. The molecule has 0 aliphatic carbocycles. The number of carbonyl (C=O) groups excluding carboxylic acids is 2. The topological polar surface area (TPSA) is 108 Å². The van der Waals surface area contributed by atoms with Crippen molar-refractivity contribution in [2.45, 2.75) is 59.2 Å². The first kappa shape index (κ1) is 23.9. The van der Waals surface area contributed by atoms with E-state index in [2.05, 4.69) is 31.9 Å². The van der Waals surface area contributed by atoms with Crippen LogP contribution in [0.4, 0.5) is 4.79 Å². The number of carboxylic acid groups (broad SMARTS) is 1. The first-order valence-corrected chi connectivity index (χ1v) is 10.2. The van der Waals surface area contributed by atoms with Crippen LogP contribution in [0.1, 0.15) is 52.6 Å². The van der Waals surface area contributed by atoms with Gasteiger partial charge in [-0.1, -0.05) is 62.2 Å². The molecule has 3 amide bonds. The van der Waals surface area contributed by atoms with Gasteiger partial charge in [0.1, 0.15) is 12.1 Å². The fourth-order valence-electron chi connectivity index (χ4n) is 2.67. The number of hydrogen-bond acceptors (Lipinski definition) is 3. The SMILES string of the molecule is CC[C@H](C)[C@H](NC(=O)NC(C)c1ccc(Br)cc1)C(=O)N[C@H](C(=O)O)C(C)C. The number of urea groups is 1. The van der Waals surface area contributed by atoms with Crippen molar-refractivity contribution in [3.63, 3.8) is 0 Å². The van der Waals surface area contributed by atoms with Crippen molar-refractivity contribution in [1.82, 2.24) is 16.0 Å².